The number of aromatic nitrogens is 4. The Kier molecular flexibility index (Phi) is 4.06. The second-order valence-corrected chi connectivity index (χ2v) is 7.53. The summed E-state index contributed by atoms with van der Waals surface area (Å²) in [6.07, 6.45) is 1.50. The zero-order valence-electron chi connectivity index (χ0n) is 13.2. The summed E-state index contributed by atoms with van der Waals surface area (Å²) in [5, 5.41) is 12.3. The van der Waals surface area contributed by atoms with Gasteiger partial charge in [0.1, 0.15) is 11.2 Å². The second-order valence-electron chi connectivity index (χ2n) is 5.47. The molecule has 0 aliphatic carbocycles. The Morgan fingerprint density at radius 3 is 2.69 bits per heavy atom. The minimum atomic E-state index is -3.80. The molecule has 2 aromatic heterocycles. The zero-order chi connectivity index (χ0) is 18.1. The van der Waals surface area contributed by atoms with Gasteiger partial charge in [-0.05, 0) is 36.4 Å². The van der Waals surface area contributed by atoms with E-state index < -0.39 is 10.0 Å². The molecule has 0 atom stereocenters. The van der Waals surface area contributed by atoms with Crippen LogP contribution in [0.2, 0.25) is 5.02 Å². The first-order valence-corrected chi connectivity index (χ1v) is 9.44. The van der Waals surface area contributed by atoms with Gasteiger partial charge in [0.15, 0.2) is 5.65 Å². The molecule has 7 nitrogen and oxygen atoms in total. The zero-order valence-corrected chi connectivity index (χ0v) is 14.8. The molecule has 4 aromatic rings. The Morgan fingerprint density at radius 1 is 1.00 bits per heavy atom. The van der Waals surface area contributed by atoms with Gasteiger partial charge in [-0.25, -0.2) is 8.42 Å². The lowest BCUT2D eigenvalue weighted by Gasteiger charge is -2.10. The van der Waals surface area contributed by atoms with Gasteiger partial charge in [-0.2, -0.15) is 9.61 Å². The van der Waals surface area contributed by atoms with Gasteiger partial charge in [-0.1, -0.05) is 35.9 Å². The quantitative estimate of drug-likeness (QED) is 0.582. The van der Waals surface area contributed by atoms with E-state index in [-0.39, 0.29) is 9.92 Å². The highest BCUT2D eigenvalue weighted by atomic mass is 35.5. The van der Waals surface area contributed by atoms with E-state index in [0.29, 0.717) is 17.0 Å². The number of hydrogen-bond acceptors (Lipinski definition) is 5. The maximum absolute atomic E-state index is 12.6. The minimum absolute atomic E-state index is 0.0242. The van der Waals surface area contributed by atoms with Crippen LogP contribution in [0.25, 0.3) is 16.9 Å². The maximum atomic E-state index is 12.6. The van der Waals surface area contributed by atoms with Crippen molar-refractivity contribution in [1.29, 1.82) is 0 Å². The molecule has 0 spiro atoms. The first kappa shape index (κ1) is 16.5. The van der Waals surface area contributed by atoms with Crippen molar-refractivity contribution in [1.82, 2.24) is 19.8 Å². The van der Waals surface area contributed by atoms with Gasteiger partial charge in [0, 0.05) is 11.3 Å². The molecule has 0 unspecified atom stereocenters. The molecule has 0 saturated carbocycles. The van der Waals surface area contributed by atoms with E-state index in [0.717, 1.165) is 5.56 Å². The Labute approximate surface area is 154 Å². The standard InChI is InChI=1S/C17H12ClN5O2S/c18-14-6-1-2-7-16(14)26(24,25)22-13-5-3-4-12(10-13)15-8-9-17-20-19-11-23(17)21-15/h1-11,22H. The normalized spacial score (nSPS) is 11.6. The van der Waals surface area contributed by atoms with Crippen LogP contribution in [-0.2, 0) is 10.0 Å². The van der Waals surface area contributed by atoms with Gasteiger partial charge in [-0.15, -0.1) is 10.2 Å². The summed E-state index contributed by atoms with van der Waals surface area (Å²) < 4.78 is 29.3. The second kappa shape index (κ2) is 6.40. The van der Waals surface area contributed by atoms with Crippen molar-refractivity contribution in [2.75, 3.05) is 4.72 Å². The summed E-state index contributed by atoms with van der Waals surface area (Å²) >= 11 is 6.00. The SMILES string of the molecule is O=S(=O)(Nc1cccc(-c2ccc3nncn3n2)c1)c1ccccc1Cl. The molecule has 26 heavy (non-hydrogen) atoms. The number of anilines is 1. The van der Waals surface area contributed by atoms with Crippen LogP contribution >= 0.6 is 11.6 Å². The molecule has 130 valence electrons. The lowest BCUT2D eigenvalue weighted by Crippen LogP contribution is -2.13. The largest absolute Gasteiger partial charge is 0.280 e. The summed E-state index contributed by atoms with van der Waals surface area (Å²) in [5.41, 5.74) is 2.45. The van der Waals surface area contributed by atoms with Crippen LogP contribution < -0.4 is 4.72 Å². The van der Waals surface area contributed by atoms with Crippen LogP contribution in [0, 0.1) is 0 Å². The number of fused-ring (bicyclic) bond motifs is 1. The van der Waals surface area contributed by atoms with Crippen LogP contribution in [0.1, 0.15) is 0 Å². The Balaban J connectivity index is 1.68. The van der Waals surface area contributed by atoms with E-state index in [4.69, 9.17) is 11.6 Å². The van der Waals surface area contributed by atoms with Crippen molar-refractivity contribution in [3.8, 4) is 11.3 Å². The van der Waals surface area contributed by atoms with Crippen LogP contribution in [0.4, 0.5) is 5.69 Å². The highest BCUT2D eigenvalue weighted by Gasteiger charge is 2.17. The van der Waals surface area contributed by atoms with E-state index in [9.17, 15) is 8.42 Å². The topological polar surface area (TPSA) is 89.2 Å². The molecule has 1 N–H and O–H groups in total. The average molecular weight is 386 g/mol. The molecule has 0 radical (unpaired) electrons. The van der Waals surface area contributed by atoms with Crippen molar-refractivity contribution >= 4 is 33.0 Å². The third-order valence-corrected chi connectivity index (χ3v) is 5.58. The van der Waals surface area contributed by atoms with Gasteiger partial charge in [0.2, 0.25) is 0 Å². The molecular formula is C17H12ClN5O2S. The molecule has 0 bridgehead atoms. The van der Waals surface area contributed by atoms with Gasteiger partial charge in [0.25, 0.3) is 10.0 Å². The molecule has 0 fully saturated rings. The molecule has 2 aromatic carbocycles. The van der Waals surface area contributed by atoms with Crippen LogP contribution in [0.3, 0.4) is 0 Å². The maximum Gasteiger partial charge on any atom is 0.263 e. The van der Waals surface area contributed by atoms with Gasteiger partial charge < -0.3 is 0 Å². The molecule has 4 rings (SSSR count). The summed E-state index contributed by atoms with van der Waals surface area (Å²) in [7, 11) is -3.80. The number of rotatable bonds is 4. The fourth-order valence-electron chi connectivity index (χ4n) is 2.50. The number of nitrogens with one attached hydrogen (secondary N) is 1. The molecule has 0 aliphatic rings. The van der Waals surface area contributed by atoms with E-state index in [1.54, 1.807) is 47.0 Å². The Morgan fingerprint density at radius 2 is 1.85 bits per heavy atom. The van der Waals surface area contributed by atoms with Crippen molar-refractivity contribution in [3.63, 3.8) is 0 Å². The number of halogens is 1. The molecule has 0 amide bonds. The minimum Gasteiger partial charge on any atom is -0.280 e. The first-order chi connectivity index (χ1) is 12.5. The molecular weight excluding hydrogens is 374 g/mol. The molecule has 2 heterocycles. The molecule has 0 aliphatic heterocycles. The summed E-state index contributed by atoms with van der Waals surface area (Å²) in [6.45, 7) is 0. The fourth-order valence-corrected chi connectivity index (χ4v) is 4.07. The van der Waals surface area contributed by atoms with Crippen molar-refractivity contribution in [2.45, 2.75) is 4.90 Å². The Hall–Kier alpha value is -2.97. The van der Waals surface area contributed by atoms with Gasteiger partial charge in [-0.3, -0.25) is 4.72 Å². The van der Waals surface area contributed by atoms with Crippen molar-refractivity contribution < 1.29 is 8.42 Å². The third kappa shape index (κ3) is 3.12. The third-order valence-electron chi connectivity index (χ3n) is 3.70. The summed E-state index contributed by atoms with van der Waals surface area (Å²) in [6, 6.07) is 16.8. The number of hydrogen-bond donors (Lipinski definition) is 1. The number of benzene rings is 2. The van der Waals surface area contributed by atoms with Crippen molar-refractivity contribution in [2.24, 2.45) is 0 Å². The molecule has 0 saturated heterocycles. The van der Waals surface area contributed by atoms with E-state index in [1.165, 1.54) is 18.5 Å². The predicted molar refractivity (Wildman–Crippen MR) is 98.5 cm³/mol. The lowest BCUT2D eigenvalue weighted by atomic mass is 10.1. The number of sulfonamides is 1. The summed E-state index contributed by atoms with van der Waals surface area (Å²) in [5.74, 6) is 0. The Bertz CT molecular complexity index is 1210. The fraction of sp³-hybridized carbons (Fsp3) is 0. The van der Waals surface area contributed by atoms with Crippen LogP contribution in [0.15, 0.2) is 71.9 Å². The van der Waals surface area contributed by atoms with Crippen LogP contribution in [-0.4, -0.2) is 28.2 Å². The summed E-state index contributed by atoms with van der Waals surface area (Å²) in [4.78, 5) is 0.0242. The van der Waals surface area contributed by atoms with E-state index >= 15 is 0 Å². The predicted octanol–water partition coefficient (Wildman–Crippen LogP) is 3.25. The van der Waals surface area contributed by atoms with Gasteiger partial charge in [0.05, 0.1) is 10.7 Å². The van der Waals surface area contributed by atoms with E-state index in [2.05, 4.69) is 20.0 Å². The van der Waals surface area contributed by atoms with Gasteiger partial charge >= 0.3 is 0 Å². The highest BCUT2D eigenvalue weighted by molar-refractivity contribution is 7.92. The smallest absolute Gasteiger partial charge is 0.263 e. The average Bonchev–Trinajstić information content (AvgIpc) is 3.09. The number of nitrogens with zero attached hydrogens (tertiary/aromatic N) is 4. The van der Waals surface area contributed by atoms with Crippen molar-refractivity contribution in [3.05, 3.63) is 72.0 Å². The lowest BCUT2D eigenvalue weighted by molar-refractivity contribution is 0.601. The van der Waals surface area contributed by atoms with Crippen LogP contribution in [0.5, 0.6) is 0 Å². The van der Waals surface area contributed by atoms with E-state index in [1.807, 2.05) is 6.07 Å². The first-order valence-electron chi connectivity index (χ1n) is 7.58. The molecule has 9 heteroatoms. The monoisotopic (exact) mass is 385 g/mol. The highest BCUT2D eigenvalue weighted by Crippen LogP contribution is 2.26.